The number of pyridine rings is 1. The minimum Gasteiger partial charge on any atom is -0.237 e. The molecular formula is C8H4BrF5IN. The van der Waals surface area contributed by atoms with Crippen LogP contribution in [0.5, 0.6) is 0 Å². The summed E-state index contributed by atoms with van der Waals surface area (Å²) in [5.41, 5.74) is -1.71. The highest BCUT2D eigenvalue weighted by atomic mass is 127. The van der Waals surface area contributed by atoms with Crippen molar-refractivity contribution in [2.45, 2.75) is 17.9 Å². The van der Waals surface area contributed by atoms with Gasteiger partial charge >= 0.3 is 6.18 Å². The number of hydrogen-bond acceptors (Lipinski definition) is 1. The summed E-state index contributed by atoms with van der Waals surface area (Å²) in [7, 11) is 0. The van der Waals surface area contributed by atoms with Crippen LogP contribution in [0.25, 0.3) is 0 Å². The van der Waals surface area contributed by atoms with E-state index in [1.54, 1.807) is 0 Å². The summed E-state index contributed by atoms with van der Waals surface area (Å²) in [4.78, 5) is 3.14. The van der Waals surface area contributed by atoms with Gasteiger partial charge in [-0.05, 0) is 34.2 Å². The molecule has 0 aliphatic rings. The molecule has 0 aromatic carbocycles. The van der Waals surface area contributed by atoms with E-state index in [1.165, 1.54) is 22.6 Å². The lowest BCUT2D eigenvalue weighted by atomic mass is 10.1. The molecular weight excluding hydrogens is 412 g/mol. The van der Waals surface area contributed by atoms with Gasteiger partial charge in [0.1, 0.15) is 9.39 Å². The van der Waals surface area contributed by atoms with Gasteiger partial charge in [-0.1, -0.05) is 15.9 Å². The molecule has 0 saturated carbocycles. The molecule has 0 unspecified atom stereocenters. The zero-order valence-corrected chi connectivity index (χ0v) is 11.2. The third-order valence-electron chi connectivity index (χ3n) is 1.75. The van der Waals surface area contributed by atoms with Crippen molar-refractivity contribution in [3.05, 3.63) is 26.6 Å². The lowest BCUT2D eigenvalue weighted by Crippen LogP contribution is -2.12. The third-order valence-corrected chi connectivity index (χ3v) is 3.18. The van der Waals surface area contributed by atoms with Crippen LogP contribution in [-0.2, 0) is 11.5 Å². The van der Waals surface area contributed by atoms with Crippen LogP contribution in [0.3, 0.4) is 0 Å². The number of halogens is 7. The van der Waals surface area contributed by atoms with Gasteiger partial charge in [-0.25, -0.2) is 13.8 Å². The summed E-state index contributed by atoms with van der Waals surface area (Å²) in [6.07, 6.45) is -7.47. The second-order valence-electron chi connectivity index (χ2n) is 2.80. The van der Waals surface area contributed by atoms with E-state index in [0.717, 1.165) is 0 Å². The Morgan fingerprint density at radius 2 is 1.94 bits per heavy atom. The maximum absolute atomic E-state index is 12.6. The SMILES string of the molecule is FC(F)c1c(CBr)cc(C(F)(F)F)nc1I. The molecule has 1 aromatic heterocycles. The maximum Gasteiger partial charge on any atom is 0.433 e. The molecule has 0 amide bonds. The second-order valence-corrected chi connectivity index (χ2v) is 4.39. The lowest BCUT2D eigenvalue weighted by Gasteiger charge is -2.12. The third kappa shape index (κ3) is 3.02. The maximum atomic E-state index is 12.6. The molecule has 90 valence electrons. The molecule has 8 heteroatoms. The number of alkyl halides is 6. The van der Waals surface area contributed by atoms with E-state index in [4.69, 9.17) is 0 Å². The Hall–Kier alpha value is 0.01000. The van der Waals surface area contributed by atoms with E-state index < -0.39 is 23.9 Å². The molecule has 16 heavy (non-hydrogen) atoms. The first kappa shape index (κ1) is 14.1. The first-order valence-electron chi connectivity index (χ1n) is 3.88. The molecule has 1 rings (SSSR count). The molecule has 0 N–H and O–H groups in total. The molecule has 1 heterocycles. The van der Waals surface area contributed by atoms with Gasteiger partial charge in [0.2, 0.25) is 0 Å². The molecule has 0 bridgehead atoms. The largest absolute Gasteiger partial charge is 0.433 e. The van der Waals surface area contributed by atoms with E-state index in [0.29, 0.717) is 6.07 Å². The zero-order valence-electron chi connectivity index (χ0n) is 7.45. The van der Waals surface area contributed by atoms with Gasteiger partial charge in [-0.3, -0.25) is 0 Å². The lowest BCUT2D eigenvalue weighted by molar-refractivity contribution is -0.141. The predicted octanol–water partition coefficient (Wildman–Crippen LogP) is 4.54. The minimum absolute atomic E-state index is 0.0751. The smallest absolute Gasteiger partial charge is 0.237 e. The molecule has 0 fully saturated rings. The highest BCUT2D eigenvalue weighted by molar-refractivity contribution is 14.1. The van der Waals surface area contributed by atoms with Gasteiger partial charge in [-0.2, -0.15) is 13.2 Å². The molecule has 0 atom stereocenters. The number of hydrogen-bond donors (Lipinski definition) is 0. The highest BCUT2D eigenvalue weighted by Crippen LogP contribution is 2.34. The Bertz CT molecular complexity index is 393. The van der Waals surface area contributed by atoms with Gasteiger partial charge in [0.15, 0.2) is 0 Å². The van der Waals surface area contributed by atoms with Crippen LogP contribution in [0.4, 0.5) is 22.0 Å². The molecule has 0 radical (unpaired) electrons. The van der Waals surface area contributed by atoms with Crippen molar-refractivity contribution in [2.75, 3.05) is 0 Å². The second kappa shape index (κ2) is 5.11. The van der Waals surface area contributed by atoms with Gasteiger partial charge in [-0.15, -0.1) is 0 Å². The molecule has 1 aromatic rings. The highest BCUT2D eigenvalue weighted by Gasteiger charge is 2.34. The fourth-order valence-electron chi connectivity index (χ4n) is 1.06. The molecule has 0 saturated heterocycles. The molecule has 0 aliphatic carbocycles. The zero-order chi connectivity index (χ0) is 12.5. The van der Waals surface area contributed by atoms with Gasteiger partial charge < -0.3 is 0 Å². The Balaban J connectivity index is 3.38. The van der Waals surface area contributed by atoms with Crippen LogP contribution in [-0.4, -0.2) is 4.98 Å². The van der Waals surface area contributed by atoms with E-state index in [9.17, 15) is 22.0 Å². The quantitative estimate of drug-likeness (QED) is 0.299. The summed E-state index contributed by atoms with van der Waals surface area (Å²) >= 11 is 4.26. The first-order chi connectivity index (χ1) is 7.27. The predicted molar refractivity (Wildman–Crippen MR) is 59.5 cm³/mol. The fraction of sp³-hybridized carbons (Fsp3) is 0.375. The van der Waals surface area contributed by atoms with E-state index in [-0.39, 0.29) is 14.6 Å². The standard InChI is InChI=1S/C8H4BrF5IN/c9-2-3-1-4(8(12,13)14)16-7(15)5(3)6(10)11/h1,6H,2H2. The summed E-state index contributed by atoms with van der Waals surface area (Å²) in [6.45, 7) is 0. The van der Waals surface area contributed by atoms with Crippen molar-refractivity contribution in [1.82, 2.24) is 4.98 Å². The Morgan fingerprint density at radius 1 is 1.38 bits per heavy atom. The van der Waals surface area contributed by atoms with Crippen LogP contribution < -0.4 is 0 Å². The van der Waals surface area contributed by atoms with Gasteiger partial charge in [0.05, 0.1) is 5.56 Å². The monoisotopic (exact) mass is 415 g/mol. The summed E-state index contributed by atoms with van der Waals surface area (Å²) in [5, 5.41) is -0.0751. The fourth-order valence-corrected chi connectivity index (χ4v) is 2.37. The van der Waals surface area contributed by atoms with Crippen molar-refractivity contribution in [2.24, 2.45) is 0 Å². The van der Waals surface area contributed by atoms with Crippen LogP contribution in [0, 0.1) is 3.70 Å². The Labute approximate surface area is 110 Å². The number of rotatable bonds is 2. The topological polar surface area (TPSA) is 12.9 Å². The summed E-state index contributed by atoms with van der Waals surface area (Å²) in [5.74, 6) is 0. The van der Waals surface area contributed by atoms with Crippen LogP contribution in [0.1, 0.15) is 23.2 Å². The van der Waals surface area contributed by atoms with Crippen LogP contribution >= 0.6 is 38.5 Å². The van der Waals surface area contributed by atoms with E-state index in [2.05, 4.69) is 20.9 Å². The van der Waals surface area contributed by atoms with Gasteiger partial charge in [0.25, 0.3) is 6.43 Å². The number of nitrogens with zero attached hydrogens (tertiary/aromatic N) is 1. The van der Waals surface area contributed by atoms with Crippen molar-refractivity contribution in [3.8, 4) is 0 Å². The van der Waals surface area contributed by atoms with Crippen molar-refractivity contribution in [1.29, 1.82) is 0 Å². The Kier molecular flexibility index (Phi) is 4.49. The normalized spacial score (nSPS) is 12.2. The van der Waals surface area contributed by atoms with E-state index in [1.807, 2.05) is 0 Å². The summed E-state index contributed by atoms with van der Waals surface area (Å²) < 4.78 is 61.8. The summed E-state index contributed by atoms with van der Waals surface area (Å²) in [6, 6.07) is 0.637. The molecule has 0 aliphatic heterocycles. The van der Waals surface area contributed by atoms with Crippen molar-refractivity contribution >= 4 is 38.5 Å². The van der Waals surface area contributed by atoms with Crippen molar-refractivity contribution < 1.29 is 22.0 Å². The van der Waals surface area contributed by atoms with E-state index >= 15 is 0 Å². The van der Waals surface area contributed by atoms with Crippen LogP contribution in [0.2, 0.25) is 0 Å². The van der Waals surface area contributed by atoms with Crippen LogP contribution in [0.15, 0.2) is 6.07 Å². The average molecular weight is 416 g/mol. The first-order valence-corrected chi connectivity index (χ1v) is 6.08. The van der Waals surface area contributed by atoms with Crippen molar-refractivity contribution in [3.63, 3.8) is 0 Å². The number of aromatic nitrogens is 1. The Morgan fingerprint density at radius 3 is 2.31 bits per heavy atom. The minimum atomic E-state index is -4.63. The molecule has 0 spiro atoms. The average Bonchev–Trinajstić information content (AvgIpc) is 2.14. The van der Waals surface area contributed by atoms with Gasteiger partial charge in [0, 0.05) is 5.33 Å². The molecule has 1 nitrogen and oxygen atoms in total.